The molecule has 0 radical (unpaired) electrons. The zero-order valence-electron chi connectivity index (χ0n) is 12.0. The van der Waals surface area contributed by atoms with Gasteiger partial charge in [0.15, 0.2) is 0 Å². The average Bonchev–Trinajstić information content (AvgIpc) is 2.86. The molecule has 20 heavy (non-hydrogen) atoms. The van der Waals surface area contributed by atoms with Gasteiger partial charge in [0.05, 0.1) is 12.2 Å². The Labute approximate surface area is 118 Å². The molecule has 0 saturated carbocycles. The van der Waals surface area contributed by atoms with Crippen molar-refractivity contribution in [2.75, 3.05) is 0 Å². The highest BCUT2D eigenvalue weighted by atomic mass is 19.1. The highest BCUT2D eigenvalue weighted by Crippen LogP contribution is 2.19. The van der Waals surface area contributed by atoms with Gasteiger partial charge in [0, 0.05) is 17.5 Å². The van der Waals surface area contributed by atoms with Gasteiger partial charge < -0.3 is 0 Å². The minimum absolute atomic E-state index is 0.207. The van der Waals surface area contributed by atoms with Crippen molar-refractivity contribution in [3.63, 3.8) is 0 Å². The number of pyridine rings is 1. The Hall–Kier alpha value is -2.23. The molecule has 0 aliphatic carbocycles. The van der Waals surface area contributed by atoms with Crippen LogP contribution in [0.2, 0.25) is 0 Å². The summed E-state index contributed by atoms with van der Waals surface area (Å²) >= 11 is 0. The normalized spacial score (nSPS) is 12.8. The van der Waals surface area contributed by atoms with Gasteiger partial charge in [-0.15, -0.1) is 0 Å². The summed E-state index contributed by atoms with van der Waals surface area (Å²) in [5.74, 6) is -0.207. The van der Waals surface area contributed by atoms with Crippen LogP contribution in [0.25, 0.3) is 11.4 Å². The number of nitrogens with zero attached hydrogens (tertiary/aromatic N) is 3. The summed E-state index contributed by atoms with van der Waals surface area (Å²) in [7, 11) is 0. The van der Waals surface area contributed by atoms with Crippen molar-refractivity contribution >= 4 is 0 Å². The zero-order chi connectivity index (χ0) is 14.5. The minimum Gasteiger partial charge on any atom is -0.265 e. The van der Waals surface area contributed by atoms with E-state index in [-0.39, 0.29) is 5.83 Å². The largest absolute Gasteiger partial charge is 0.265 e. The molecule has 2 aromatic rings. The van der Waals surface area contributed by atoms with E-state index < -0.39 is 0 Å². The highest BCUT2D eigenvalue weighted by Gasteiger charge is 2.10. The predicted octanol–water partition coefficient (Wildman–Crippen LogP) is 4.07. The third-order valence-electron chi connectivity index (χ3n) is 3.14. The van der Waals surface area contributed by atoms with Gasteiger partial charge in [-0.1, -0.05) is 18.2 Å². The second kappa shape index (κ2) is 6.28. The smallest absolute Gasteiger partial charge is 0.123 e. The van der Waals surface area contributed by atoms with Crippen molar-refractivity contribution < 1.29 is 4.39 Å². The van der Waals surface area contributed by atoms with Crippen LogP contribution in [-0.2, 0) is 6.54 Å². The van der Waals surface area contributed by atoms with Crippen LogP contribution in [0, 0.1) is 6.92 Å². The Morgan fingerprint density at radius 2 is 2.05 bits per heavy atom. The fourth-order valence-electron chi connectivity index (χ4n) is 1.96. The predicted molar refractivity (Wildman–Crippen MR) is 78.8 cm³/mol. The van der Waals surface area contributed by atoms with E-state index in [4.69, 9.17) is 0 Å². The third kappa shape index (κ3) is 3.02. The third-order valence-corrected chi connectivity index (χ3v) is 3.14. The monoisotopic (exact) mass is 271 g/mol. The first-order valence-electron chi connectivity index (χ1n) is 6.59. The molecule has 3 nitrogen and oxygen atoms in total. The van der Waals surface area contributed by atoms with Gasteiger partial charge in [-0.2, -0.15) is 5.10 Å². The maximum Gasteiger partial charge on any atom is 0.123 e. The fourth-order valence-corrected chi connectivity index (χ4v) is 1.96. The summed E-state index contributed by atoms with van der Waals surface area (Å²) in [6.07, 6.45) is 4.98. The lowest BCUT2D eigenvalue weighted by Gasteiger charge is -2.07. The quantitative estimate of drug-likeness (QED) is 0.785. The number of aromatic nitrogens is 3. The van der Waals surface area contributed by atoms with Crippen LogP contribution in [-0.4, -0.2) is 14.8 Å². The van der Waals surface area contributed by atoms with Crippen LogP contribution in [0.15, 0.2) is 54.0 Å². The van der Waals surface area contributed by atoms with Gasteiger partial charge in [-0.25, -0.2) is 4.39 Å². The van der Waals surface area contributed by atoms with Crippen molar-refractivity contribution in [2.24, 2.45) is 0 Å². The summed E-state index contributed by atoms with van der Waals surface area (Å²) in [6.45, 7) is 5.90. The molecule has 0 N–H and O–H groups in total. The van der Waals surface area contributed by atoms with Crippen LogP contribution in [0.5, 0.6) is 0 Å². The molecule has 4 heteroatoms. The van der Waals surface area contributed by atoms with Crippen LogP contribution >= 0.6 is 0 Å². The number of hydrogen-bond acceptors (Lipinski definition) is 2. The maximum absolute atomic E-state index is 13.7. The topological polar surface area (TPSA) is 30.7 Å². The molecule has 0 saturated heterocycles. The SMILES string of the molecule is C/C=C(Cn1nc(-c2ccccn2)cc1C)\C(F)=C/C. The highest BCUT2D eigenvalue weighted by molar-refractivity contribution is 5.53. The van der Waals surface area contributed by atoms with E-state index in [9.17, 15) is 4.39 Å². The lowest BCUT2D eigenvalue weighted by molar-refractivity contribution is 0.593. The van der Waals surface area contributed by atoms with E-state index >= 15 is 0 Å². The van der Waals surface area contributed by atoms with Gasteiger partial charge in [-0.05, 0) is 39.0 Å². The number of aryl methyl sites for hydroxylation is 1. The molecule has 2 heterocycles. The first kappa shape index (κ1) is 14.2. The molecule has 0 aliphatic rings. The minimum atomic E-state index is -0.207. The fraction of sp³-hybridized carbons (Fsp3) is 0.250. The molecule has 0 spiro atoms. The number of hydrogen-bond donors (Lipinski definition) is 0. The summed E-state index contributed by atoms with van der Waals surface area (Å²) in [4.78, 5) is 4.28. The van der Waals surface area contributed by atoms with Gasteiger partial charge in [0.2, 0.25) is 0 Å². The molecular weight excluding hydrogens is 253 g/mol. The van der Waals surface area contributed by atoms with Crippen LogP contribution in [0.4, 0.5) is 4.39 Å². The van der Waals surface area contributed by atoms with Crippen LogP contribution in [0.3, 0.4) is 0 Å². The van der Waals surface area contributed by atoms with Crippen molar-refractivity contribution in [3.8, 4) is 11.4 Å². The Balaban J connectivity index is 2.29. The van der Waals surface area contributed by atoms with Gasteiger partial charge in [-0.3, -0.25) is 9.67 Å². The standard InChI is InChI=1S/C16H18FN3/c1-4-13(14(17)5-2)11-20-12(3)10-16(19-20)15-8-6-7-9-18-15/h4-10H,11H2,1-3H3/b13-4-,14-5+. The van der Waals surface area contributed by atoms with E-state index in [0.717, 1.165) is 17.1 Å². The number of rotatable bonds is 4. The van der Waals surface area contributed by atoms with Gasteiger partial charge in [0.25, 0.3) is 0 Å². The molecule has 2 aromatic heterocycles. The molecule has 0 amide bonds. The van der Waals surface area contributed by atoms with Crippen LogP contribution < -0.4 is 0 Å². The summed E-state index contributed by atoms with van der Waals surface area (Å²) in [5.41, 5.74) is 3.24. The van der Waals surface area contributed by atoms with Crippen molar-refractivity contribution in [1.82, 2.24) is 14.8 Å². The van der Waals surface area contributed by atoms with E-state index in [2.05, 4.69) is 10.1 Å². The first-order valence-corrected chi connectivity index (χ1v) is 6.59. The molecular formula is C16H18FN3. The maximum atomic E-state index is 13.7. The Kier molecular flexibility index (Phi) is 4.45. The summed E-state index contributed by atoms with van der Waals surface area (Å²) in [6, 6.07) is 7.67. The molecule has 104 valence electrons. The Bertz CT molecular complexity index is 639. The second-order valence-electron chi connectivity index (χ2n) is 4.49. The van der Waals surface area contributed by atoms with E-state index in [1.165, 1.54) is 6.08 Å². The first-order chi connectivity index (χ1) is 9.65. The zero-order valence-corrected chi connectivity index (χ0v) is 12.0. The van der Waals surface area contributed by atoms with Gasteiger partial charge in [0.1, 0.15) is 11.5 Å². The molecule has 0 atom stereocenters. The summed E-state index contributed by atoms with van der Waals surface area (Å²) in [5, 5.41) is 4.50. The lowest BCUT2D eigenvalue weighted by atomic mass is 10.2. The molecule has 2 rings (SSSR count). The van der Waals surface area contributed by atoms with Crippen molar-refractivity contribution in [1.29, 1.82) is 0 Å². The van der Waals surface area contributed by atoms with E-state index in [1.807, 2.05) is 38.1 Å². The molecule has 0 aliphatic heterocycles. The molecule has 0 fully saturated rings. The van der Waals surface area contributed by atoms with Crippen LogP contribution in [0.1, 0.15) is 19.5 Å². The Morgan fingerprint density at radius 1 is 1.25 bits per heavy atom. The number of halogens is 1. The van der Waals surface area contributed by atoms with E-state index in [0.29, 0.717) is 12.1 Å². The van der Waals surface area contributed by atoms with Crippen molar-refractivity contribution in [2.45, 2.75) is 27.3 Å². The number of allylic oxidation sites excluding steroid dienone is 4. The van der Waals surface area contributed by atoms with E-state index in [1.54, 1.807) is 23.9 Å². The summed E-state index contributed by atoms with van der Waals surface area (Å²) < 4.78 is 15.5. The van der Waals surface area contributed by atoms with Crippen molar-refractivity contribution in [3.05, 3.63) is 59.7 Å². The molecule has 0 unspecified atom stereocenters. The molecule has 0 bridgehead atoms. The average molecular weight is 271 g/mol. The van der Waals surface area contributed by atoms with Gasteiger partial charge >= 0.3 is 0 Å². The lowest BCUT2D eigenvalue weighted by Crippen LogP contribution is -2.05. The Morgan fingerprint density at radius 3 is 2.65 bits per heavy atom. The molecule has 0 aromatic carbocycles. The second-order valence-corrected chi connectivity index (χ2v) is 4.49.